The first kappa shape index (κ1) is 6.54. The molecule has 4 nitrogen and oxygen atoms in total. The summed E-state index contributed by atoms with van der Waals surface area (Å²) in [5.74, 6) is 0. The van der Waals surface area contributed by atoms with Crippen molar-refractivity contribution in [1.82, 2.24) is 0 Å². The van der Waals surface area contributed by atoms with Crippen LogP contribution in [0.5, 0.6) is 0 Å². The topological polar surface area (TPSA) is 68.3 Å². The van der Waals surface area contributed by atoms with Crippen LogP contribution < -0.4 is 21.7 Å². The van der Waals surface area contributed by atoms with Gasteiger partial charge in [0.05, 0.1) is 0 Å². The van der Waals surface area contributed by atoms with Crippen LogP contribution in [0.1, 0.15) is 0 Å². The quantitative estimate of drug-likeness (QED) is 0.389. The van der Waals surface area contributed by atoms with E-state index in [0.717, 1.165) is 12.1 Å². The normalized spacial score (nSPS) is 9.60. The van der Waals surface area contributed by atoms with Crippen LogP contribution in [-0.4, -0.2) is 0 Å². The molecule has 1 rings (SSSR count). The lowest BCUT2D eigenvalue weighted by Gasteiger charge is -1.70. The number of rotatable bonds is 0. The highest BCUT2D eigenvalue weighted by molar-refractivity contribution is 5.02. The van der Waals surface area contributed by atoms with Crippen LogP contribution in [-0.2, 0) is 0 Å². The maximum Gasteiger partial charge on any atom is 0.276 e. The van der Waals surface area contributed by atoms with Crippen molar-refractivity contribution in [1.29, 1.82) is 0 Å². The lowest BCUT2D eigenvalue weighted by Crippen LogP contribution is -2.45. The van der Waals surface area contributed by atoms with Gasteiger partial charge in [0, 0.05) is 0 Å². The lowest BCUT2D eigenvalue weighted by molar-refractivity contribution is 1.34. The van der Waals surface area contributed by atoms with Gasteiger partial charge in [-0.2, -0.15) is 0 Å². The largest absolute Gasteiger partial charge is 0.285 e. The van der Waals surface area contributed by atoms with Gasteiger partial charge in [0.2, 0.25) is 10.9 Å². The first-order valence-corrected chi connectivity index (χ1v) is 2.48. The minimum absolute atomic E-state index is 0.798. The van der Waals surface area contributed by atoms with Gasteiger partial charge in [0.1, 0.15) is 0 Å². The number of hydrogen-bond acceptors (Lipinski definition) is 4. The number of benzene rings is 1. The summed E-state index contributed by atoms with van der Waals surface area (Å²) in [5, 5.41) is 0. The van der Waals surface area contributed by atoms with E-state index < -0.39 is 21.7 Å². The van der Waals surface area contributed by atoms with Crippen LogP contribution in [0.3, 0.4) is 0 Å². The van der Waals surface area contributed by atoms with Gasteiger partial charge in [0.15, 0.2) is 0 Å². The molecule has 0 bridgehead atoms. The molecule has 0 N–H and O–H groups in total. The Hall–Kier alpha value is -1.58. The highest BCUT2D eigenvalue weighted by Gasteiger charge is 2.00. The second-order valence-electron chi connectivity index (χ2n) is 1.72. The molecule has 50 valence electrons. The third kappa shape index (κ3) is 0.793. The third-order valence-electron chi connectivity index (χ3n) is 1.04. The second-order valence-corrected chi connectivity index (χ2v) is 1.72. The van der Waals surface area contributed by atoms with Crippen LogP contribution in [0.4, 0.5) is 0 Å². The van der Waals surface area contributed by atoms with Gasteiger partial charge in [-0.3, -0.25) is 19.2 Å². The Morgan fingerprint density at radius 3 is 1.30 bits per heavy atom. The van der Waals surface area contributed by atoms with E-state index >= 15 is 0 Å². The van der Waals surface area contributed by atoms with Crippen molar-refractivity contribution in [2.45, 2.75) is 0 Å². The first-order valence-electron chi connectivity index (χ1n) is 2.48. The molecule has 0 unspecified atom stereocenters. The Kier molecular flexibility index (Phi) is 1.30. The molecule has 0 spiro atoms. The van der Waals surface area contributed by atoms with Crippen molar-refractivity contribution in [2.75, 3.05) is 0 Å². The molecule has 0 aromatic heterocycles. The van der Waals surface area contributed by atoms with Crippen LogP contribution >= 0.6 is 0 Å². The van der Waals surface area contributed by atoms with E-state index in [1.165, 1.54) is 0 Å². The predicted molar refractivity (Wildman–Crippen MR) is 33.9 cm³/mol. The van der Waals surface area contributed by atoms with Gasteiger partial charge in [0.25, 0.3) is 10.9 Å². The van der Waals surface area contributed by atoms with E-state index in [1.807, 2.05) is 0 Å². The molecule has 1 aromatic rings. The summed E-state index contributed by atoms with van der Waals surface area (Å²) < 4.78 is 0. The molecule has 0 amide bonds. The summed E-state index contributed by atoms with van der Waals surface area (Å²) in [6.45, 7) is 0. The van der Waals surface area contributed by atoms with Crippen molar-refractivity contribution < 1.29 is 0 Å². The van der Waals surface area contributed by atoms with Crippen LogP contribution in [0.15, 0.2) is 31.3 Å². The van der Waals surface area contributed by atoms with E-state index in [9.17, 15) is 19.2 Å². The summed E-state index contributed by atoms with van der Waals surface area (Å²) in [5.41, 5.74) is -4.34. The second kappa shape index (κ2) is 1.98. The Morgan fingerprint density at radius 2 is 1.00 bits per heavy atom. The molecule has 4 heteroatoms. The van der Waals surface area contributed by atoms with E-state index in [0.29, 0.717) is 0 Å². The zero-order valence-electron chi connectivity index (χ0n) is 4.79. The van der Waals surface area contributed by atoms with Gasteiger partial charge < -0.3 is 0 Å². The fraction of sp³-hybridized carbons (Fsp3) is 0. The maximum atomic E-state index is 10.4. The average molecular weight is 138 g/mol. The SMILES string of the molecule is O=c1ccc(=O)c(=O)c1=O. The summed E-state index contributed by atoms with van der Waals surface area (Å²) in [7, 11) is 0. The Morgan fingerprint density at radius 1 is 0.700 bits per heavy atom. The van der Waals surface area contributed by atoms with E-state index in [1.54, 1.807) is 0 Å². The molecular weight excluding hydrogens is 136 g/mol. The van der Waals surface area contributed by atoms with Crippen LogP contribution in [0, 0.1) is 0 Å². The fourth-order valence-electron chi connectivity index (χ4n) is 0.527. The van der Waals surface area contributed by atoms with E-state index in [2.05, 4.69) is 0 Å². The summed E-state index contributed by atoms with van der Waals surface area (Å²) in [4.78, 5) is 41.4. The summed E-state index contributed by atoms with van der Waals surface area (Å²) >= 11 is 0. The van der Waals surface area contributed by atoms with E-state index in [4.69, 9.17) is 0 Å². The van der Waals surface area contributed by atoms with Crippen molar-refractivity contribution >= 4 is 0 Å². The van der Waals surface area contributed by atoms with Crippen molar-refractivity contribution in [3.63, 3.8) is 0 Å². The molecule has 1 aromatic carbocycles. The molecule has 0 atom stereocenters. The predicted octanol–water partition coefficient (Wildman–Crippen LogP) is -2.00. The zero-order chi connectivity index (χ0) is 7.72. The highest BCUT2D eigenvalue weighted by Crippen LogP contribution is 1.49. The lowest BCUT2D eigenvalue weighted by atomic mass is 10.3. The smallest absolute Gasteiger partial charge is 0.276 e. The summed E-state index contributed by atoms with van der Waals surface area (Å²) in [6, 6.07) is 1.60. The molecule has 0 aliphatic carbocycles. The van der Waals surface area contributed by atoms with Gasteiger partial charge in [-0.05, 0) is 12.1 Å². The van der Waals surface area contributed by atoms with E-state index in [-0.39, 0.29) is 0 Å². The standard InChI is InChI=1S/C6H2O4/c7-3-1-2-4(8)6(10)5(3)9/h1-2H. The van der Waals surface area contributed by atoms with Crippen LogP contribution in [0.25, 0.3) is 0 Å². The Labute approximate surface area is 54.1 Å². The van der Waals surface area contributed by atoms with Gasteiger partial charge >= 0.3 is 0 Å². The van der Waals surface area contributed by atoms with Crippen molar-refractivity contribution in [2.24, 2.45) is 0 Å². The molecule has 0 heterocycles. The molecule has 0 fully saturated rings. The summed E-state index contributed by atoms with van der Waals surface area (Å²) in [6.07, 6.45) is 0. The fourth-order valence-corrected chi connectivity index (χ4v) is 0.527. The third-order valence-corrected chi connectivity index (χ3v) is 1.04. The minimum atomic E-state index is -1.24. The van der Waals surface area contributed by atoms with Crippen molar-refractivity contribution in [3.8, 4) is 0 Å². The maximum absolute atomic E-state index is 10.4. The highest BCUT2D eigenvalue weighted by atomic mass is 16.2. The average Bonchev–Trinajstić information content (AvgIpc) is 1.93. The molecule has 10 heavy (non-hydrogen) atoms. The molecule has 0 radical (unpaired) electrons. The first-order chi connectivity index (χ1) is 4.63. The van der Waals surface area contributed by atoms with Gasteiger partial charge in [-0.15, -0.1) is 0 Å². The Balaban J connectivity index is 4.04. The minimum Gasteiger partial charge on any atom is -0.285 e. The molecule has 0 saturated carbocycles. The zero-order valence-corrected chi connectivity index (χ0v) is 4.79. The molecule has 0 aliphatic rings. The molecule has 0 aliphatic heterocycles. The molecular formula is C6H2O4. The molecule has 0 saturated heterocycles. The van der Waals surface area contributed by atoms with Crippen LogP contribution in [0.2, 0.25) is 0 Å². The Bertz CT molecular complexity index is 393. The van der Waals surface area contributed by atoms with Gasteiger partial charge in [-0.1, -0.05) is 0 Å². The van der Waals surface area contributed by atoms with Crippen molar-refractivity contribution in [3.05, 3.63) is 53.0 Å². The monoisotopic (exact) mass is 138 g/mol. The van der Waals surface area contributed by atoms with Gasteiger partial charge in [-0.25, -0.2) is 0 Å². The number of hydrogen-bond donors (Lipinski definition) is 0.